The van der Waals surface area contributed by atoms with Crippen molar-refractivity contribution in [3.63, 3.8) is 0 Å². The van der Waals surface area contributed by atoms with Gasteiger partial charge in [0.05, 0.1) is 16.6 Å². The van der Waals surface area contributed by atoms with Gasteiger partial charge in [0.25, 0.3) is 0 Å². The van der Waals surface area contributed by atoms with Crippen molar-refractivity contribution in [2.75, 3.05) is 5.32 Å². The summed E-state index contributed by atoms with van der Waals surface area (Å²) in [5.74, 6) is -0.0405. The van der Waals surface area contributed by atoms with Gasteiger partial charge in [-0.15, -0.1) is 23.1 Å². The van der Waals surface area contributed by atoms with Gasteiger partial charge >= 0.3 is 0 Å². The summed E-state index contributed by atoms with van der Waals surface area (Å²) in [4.78, 5) is 20.9. The second-order valence-electron chi connectivity index (χ2n) is 4.68. The molecule has 6 heteroatoms. The fraction of sp³-hybridized carbons (Fsp3) is 0.125. The molecule has 22 heavy (non-hydrogen) atoms. The van der Waals surface area contributed by atoms with Gasteiger partial charge in [0.2, 0.25) is 5.91 Å². The number of thioether (sulfide) groups is 1. The van der Waals surface area contributed by atoms with E-state index in [0.29, 0.717) is 5.13 Å². The third kappa shape index (κ3) is 3.58. The van der Waals surface area contributed by atoms with Gasteiger partial charge in [-0.2, -0.15) is 0 Å². The van der Waals surface area contributed by atoms with Crippen LogP contribution in [0.25, 0.3) is 11.4 Å². The topological polar surface area (TPSA) is 57.8 Å². The van der Waals surface area contributed by atoms with Gasteiger partial charge in [-0.25, -0.2) is 4.98 Å². The fourth-order valence-corrected chi connectivity index (χ4v) is 3.51. The van der Waals surface area contributed by atoms with E-state index >= 15 is 0 Å². The van der Waals surface area contributed by atoms with Crippen LogP contribution in [-0.2, 0) is 4.79 Å². The van der Waals surface area contributed by atoms with E-state index in [9.17, 15) is 4.79 Å². The Morgan fingerprint density at radius 1 is 1.27 bits per heavy atom. The van der Waals surface area contributed by atoms with Crippen LogP contribution in [0.15, 0.2) is 58.9 Å². The van der Waals surface area contributed by atoms with Gasteiger partial charge in [-0.1, -0.05) is 18.2 Å². The average Bonchev–Trinajstić information content (AvgIpc) is 3.19. The summed E-state index contributed by atoms with van der Waals surface area (Å²) < 4.78 is 0. The molecule has 0 aliphatic carbocycles. The van der Waals surface area contributed by atoms with Crippen LogP contribution in [0.3, 0.4) is 0 Å². The number of aromatic nitrogens is 2. The van der Waals surface area contributed by atoms with Crippen LogP contribution in [0, 0.1) is 0 Å². The summed E-state index contributed by atoms with van der Waals surface area (Å²) in [5, 5.41) is 5.25. The predicted molar refractivity (Wildman–Crippen MR) is 92.3 cm³/mol. The summed E-state index contributed by atoms with van der Waals surface area (Å²) in [7, 11) is 0. The molecule has 1 atom stereocenters. The highest BCUT2D eigenvalue weighted by Gasteiger charge is 2.16. The van der Waals surface area contributed by atoms with Crippen molar-refractivity contribution in [1.29, 1.82) is 0 Å². The van der Waals surface area contributed by atoms with Gasteiger partial charge in [0, 0.05) is 16.5 Å². The third-order valence-corrected chi connectivity index (χ3v) is 4.90. The van der Waals surface area contributed by atoms with Crippen molar-refractivity contribution in [3.05, 3.63) is 54.0 Å². The standard InChI is InChI=1S/C16H15N3OS2/c1-11(22-12-6-3-2-4-7-12)15(20)19-16-18-14(10-21-16)13-8-5-9-17-13/h2-11,17H,1H3,(H,18,19,20)/t11-/m1/s1. The quantitative estimate of drug-likeness (QED) is 0.688. The van der Waals surface area contributed by atoms with Crippen LogP contribution in [-0.4, -0.2) is 21.1 Å². The van der Waals surface area contributed by atoms with Gasteiger partial charge in [0.15, 0.2) is 5.13 Å². The van der Waals surface area contributed by atoms with Gasteiger partial charge < -0.3 is 10.3 Å². The highest BCUT2D eigenvalue weighted by molar-refractivity contribution is 8.00. The zero-order chi connectivity index (χ0) is 15.4. The molecule has 0 bridgehead atoms. The molecule has 2 aromatic heterocycles. The second kappa shape index (κ2) is 6.81. The molecule has 0 saturated carbocycles. The van der Waals surface area contributed by atoms with Gasteiger partial charge in [-0.05, 0) is 31.2 Å². The largest absolute Gasteiger partial charge is 0.360 e. The molecule has 0 radical (unpaired) electrons. The van der Waals surface area contributed by atoms with E-state index in [0.717, 1.165) is 16.3 Å². The summed E-state index contributed by atoms with van der Waals surface area (Å²) in [6, 6.07) is 13.8. The predicted octanol–water partition coefficient (Wildman–Crippen LogP) is 4.26. The Hall–Kier alpha value is -2.05. The third-order valence-electron chi connectivity index (χ3n) is 3.03. The Morgan fingerprint density at radius 2 is 2.09 bits per heavy atom. The molecule has 3 rings (SSSR count). The summed E-state index contributed by atoms with van der Waals surface area (Å²) in [5.41, 5.74) is 1.79. The molecule has 0 aliphatic rings. The molecule has 0 unspecified atom stereocenters. The Balaban J connectivity index is 1.62. The molecule has 1 aromatic carbocycles. The Labute approximate surface area is 137 Å². The number of hydrogen-bond acceptors (Lipinski definition) is 4. The highest BCUT2D eigenvalue weighted by Crippen LogP contribution is 2.26. The molecular weight excluding hydrogens is 314 g/mol. The van der Waals surface area contributed by atoms with Crippen LogP contribution >= 0.6 is 23.1 Å². The van der Waals surface area contributed by atoms with E-state index in [1.54, 1.807) is 0 Å². The van der Waals surface area contributed by atoms with Crippen LogP contribution in [0.4, 0.5) is 5.13 Å². The molecule has 2 N–H and O–H groups in total. The summed E-state index contributed by atoms with van der Waals surface area (Å²) >= 11 is 2.96. The van der Waals surface area contributed by atoms with Crippen molar-refractivity contribution in [3.8, 4) is 11.4 Å². The number of H-pyrrole nitrogens is 1. The lowest BCUT2D eigenvalue weighted by molar-refractivity contribution is -0.115. The number of nitrogens with zero attached hydrogens (tertiary/aromatic N) is 1. The van der Waals surface area contributed by atoms with Crippen LogP contribution in [0.2, 0.25) is 0 Å². The van der Waals surface area contributed by atoms with E-state index in [1.165, 1.54) is 23.1 Å². The van der Waals surface area contributed by atoms with E-state index < -0.39 is 0 Å². The second-order valence-corrected chi connectivity index (χ2v) is 6.96. The molecule has 1 amide bonds. The molecule has 0 saturated heterocycles. The molecule has 2 heterocycles. The zero-order valence-corrected chi connectivity index (χ0v) is 13.6. The maximum absolute atomic E-state index is 12.2. The number of thiazole rings is 1. The maximum Gasteiger partial charge on any atom is 0.239 e. The number of carbonyl (C=O) groups excluding carboxylic acids is 1. The highest BCUT2D eigenvalue weighted by atomic mass is 32.2. The zero-order valence-electron chi connectivity index (χ0n) is 11.9. The van der Waals surface area contributed by atoms with E-state index in [2.05, 4.69) is 15.3 Å². The SMILES string of the molecule is C[C@@H](Sc1ccccc1)C(=O)Nc1nc(-c2ccc[nH]2)cs1. The smallest absolute Gasteiger partial charge is 0.239 e. The fourth-order valence-electron chi connectivity index (χ4n) is 1.91. The number of amides is 1. The lowest BCUT2D eigenvalue weighted by Gasteiger charge is -2.10. The van der Waals surface area contributed by atoms with E-state index in [1.807, 2.05) is 61.0 Å². The number of rotatable bonds is 5. The van der Waals surface area contributed by atoms with Gasteiger partial charge in [-0.3, -0.25) is 4.79 Å². The van der Waals surface area contributed by atoms with Crippen molar-refractivity contribution in [1.82, 2.24) is 9.97 Å². The lowest BCUT2D eigenvalue weighted by Crippen LogP contribution is -2.22. The van der Waals surface area contributed by atoms with Crippen LogP contribution in [0.5, 0.6) is 0 Å². The number of carbonyl (C=O) groups is 1. The first kappa shape index (κ1) is 14.9. The minimum atomic E-state index is -0.180. The molecule has 4 nitrogen and oxygen atoms in total. The van der Waals surface area contributed by atoms with Crippen molar-refractivity contribution < 1.29 is 4.79 Å². The molecule has 3 aromatic rings. The number of benzene rings is 1. The molecule has 0 fully saturated rings. The minimum Gasteiger partial charge on any atom is -0.360 e. The molecular formula is C16H15N3OS2. The number of hydrogen-bond donors (Lipinski definition) is 2. The van der Waals surface area contributed by atoms with Crippen molar-refractivity contribution in [2.45, 2.75) is 17.1 Å². The lowest BCUT2D eigenvalue weighted by atomic mass is 10.3. The van der Waals surface area contributed by atoms with Crippen molar-refractivity contribution in [2.24, 2.45) is 0 Å². The Kier molecular flexibility index (Phi) is 4.60. The monoisotopic (exact) mass is 329 g/mol. The number of nitrogens with one attached hydrogen (secondary N) is 2. The van der Waals surface area contributed by atoms with E-state index in [4.69, 9.17) is 0 Å². The molecule has 0 spiro atoms. The first-order valence-corrected chi connectivity index (χ1v) is 8.60. The number of aromatic amines is 1. The summed E-state index contributed by atoms with van der Waals surface area (Å²) in [6.45, 7) is 1.90. The Bertz CT molecular complexity index is 738. The first-order chi connectivity index (χ1) is 10.7. The van der Waals surface area contributed by atoms with Crippen LogP contribution in [0.1, 0.15) is 6.92 Å². The maximum atomic E-state index is 12.2. The Morgan fingerprint density at radius 3 is 2.82 bits per heavy atom. The minimum absolute atomic E-state index is 0.0405. The van der Waals surface area contributed by atoms with Crippen LogP contribution < -0.4 is 5.32 Å². The average molecular weight is 329 g/mol. The van der Waals surface area contributed by atoms with Crippen molar-refractivity contribution >= 4 is 34.1 Å². The number of anilines is 1. The molecule has 0 aliphatic heterocycles. The normalized spacial score (nSPS) is 12.0. The summed E-state index contributed by atoms with van der Waals surface area (Å²) in [6.07, 6.45) is 1.85. The van der Waals surface area contributed by atoms with Gasteiger partial charge in [0.1, 0.15) is 0 Å². The first-order valence-electron chi connectivity index (χ1n) is 6.84. The molecule has 112 valence electrons. The van der Waals surface area contributed by atoms with E-state index in [-0.39, 0.29) is 11.2 Å².